The highest BCUT2D eigenvalue weighted by Gasteiger charge is 2.18. The van der Waals surface area contributed by atoms with Crippen molar-refractivity contribution in [2.75, 3.05) is 26.2 Å². The van der Waals surface area contributed by atoms with Gasteiger partial charge in [-0.3, -0.25) is 4.79 Å². The summed E-state index contributed by atoms with van der Waals surface area (Å²) >= 11 is 5.94. The van der Waals surface area contributed by atoms with E-state index >= 15 is 0 Å². The van der Waals surface area contributed by atoms with E-state index in [1.165, 1.54) is 32.4 Å². The molecule has 0 bridgehead atoms. The second-order valence-electron chi connectivity index (χ2n) is 6.02. The van der Waals surface area contributed by atoms with Crippen LogP contribution in [0.1, 0.15) is 39.0 Å². The van der Waals surface area contributed by atoms with E-state index in [9.17, 15) is 4.79 Å². The van der Waals surface area contributed by atoms with Crippen molar-refractivity contribution in [3.8, 4) is 5.75 Å². The van der Waals surface area contributed by atoms with Gasteiger partial charge in [-0.2, -0.15) is 0 Å². The van der Waals surface area contributed by atoms with Crippen molar-refractivity contribution in [1.82, 2.24) is 10.2 Å². The average molecular weight is 339 g/mol. The molecule has 1 saturated heterocycles. The highest BCUT2D eigenvalue weighted by molar-refractivity contribution is 6.30. The van der Waals surface area contributed by atoms with Crippen LogP contribution >= 0.6 is 11.6 Å². The molecule has 0 unspecified atom stereocenters. The van der Waals surface area contributed by atoms with Gasteiger partial charge in [-0.1, -0.05) is 31.0 Å². The Morgan fingerprint density at radius 3 is 2.83 bits per heavy atom. The molecule has 2 rings (SSSR count). The molecule has 0 aliphatic carbocycles. The van der Waals surface area contributed by atoms with Crippen LogP contribution in [0, 0.1) is 0 Å². The molecule has 128 valence electrons. The van der Waals surface area contributed by atoms with Gasteiger partial charge in [-0.15, -0.1) is 0 Å². The van der Waals surface area contributed by atoms with Gasteiger partial charge in [0.1, 0.15) is 5.75 Å². The fraction of sp³-hybridized carbons (Fsp3) is 0.611. The van der Waals surface area contributed by atoms with Crippen molar-refractivity contribution < 1.29 is 9.53 Å². The maximum Gasteiger partial charge on any atom is 0.261 e. The van der Waals surface area contributed by atoms with Crippen LogP contribution in [0.4, 0.5) is 0 Å². The summed E-state index contributed by atoms with van der Waals surface area (Å²) in [5, 5.41) is 3.59. The Morgan fingerprint density at radius 1 is 1.35 bits per heavy atom. The second-order valence-corrected chi connectivity index (χ2v) is 6.46. The summed E-state index contributed by atoms with van der Waals surface area (Å²) in [7, 11) is 0. The fourth-order valence-corrected chi connectivity index (χ4v) is 3.02. The van der Waals surface area contributed by atoms with E-state index in [0.717, 1.165) is 13.0 Å². The molecule has 1 aromatic rings. The number of likely N-dealkylation sites (tertiary alicyclic amines) is 1. The van der Waals surface area contributed by atoms with Crippen LogP contribution in [0.5, 0.6) is 5.75 Å². The number of hydrogen-bond donors (Lipinski definition) is 1. The Kier molecular flexibility index (Phi) is 7.69. The third-order valence-electron chi connectivity index (χ3n) is 4.14. The lowest BCUT2D eigenvalue weighted by molar-refractivity contribution is -0.128. The van der Waals surface area contributed by atoms with Gasteiger partial charge >= 0.3 is 0 Å². The molecule has 1 fully saturated rings. The van der Waals surface area contributed by atoms with Crippen LogP contribution in [0.2, 0.25) is 5.02 Å². The molecule has 1 amide bonds. The summed E-state index contributed by atoms with van der Waals surface area (Å²) in [6.45, 7) is 6.10. The topological polar surface area (TPSA) is 41.6 Å². The SMILES string of the molecule is CC[C@@H](Oc1cccc(Cl)c1)C(=O)NCCCN1CCCCC1. The van der Waals surface area contributed by atoms with Gasteiger partial charge in [0.2, 0.25) is 0 Å². The Hall–Kier alpha value is -1.26. The van der Waals surface area contributed by atoms with Gasteiger partial charge in [0.15, 0.2) is 6.10 Å². The molecule has 5 heteroatoms. The minimum Gasteiger partial charge on any atom is -0.481 e. The van der Waals surface area contributed by atoms with Gasteiger partial charge in [0.05, 0.1) is 0 Å². The number of nitrogens with zero attached hydrogens (tertiary/aromatic N) is 1. The summed E-state index contributed by atoms with van der Waals surface area (Å²) in [4.78, 5) is 14.7. The average Bonchev–Trinajstić information content (AvgIpc) is 2.57. The van der Waals surface area contributed by atoms with E-state index in [1.54, 1.807) is 12.1 Å². The van der Waals surface area contributed by atoms with Gasteiger partial charge in [-0.05, 0) is 63.5 Å². The quantitative estimate of drug-likeness (QED) is 0.738. The van der Waals surface area contributed by atoms with Crippen molar-refractivity contribution in [2.24, 2.45) is 0 Å². The normalized spacial score (nSPS) is 16.8. The second kappa shape index (κ2) is 9.78. The van der Waals surface area contributed by atoms with Crippen LogP contribution < -0.4 is 10.1 Å². The molecule has 0 saturated carbocycles. The van der Waals surface area contributed by atoms with Crippen molar-refractivity contribution in [3.63, 3.8) is 0 Å². The van der Waals surface area contributed by atoms with Gasteiger partial charge in [0.25, 0.3) is 5.91 Å². The molecule has 23 heavy (non-hydrogen) atoms. The molecule has 0 radical (unpaired) electrons. The number of halogens is 1. The fourth-order valence-electron chi connectivity index (χ4n) is 2.84. The monoisotopic (exact) mass is 338 g/mol. The number of carbonyl (C=O) groups excluding carboxylic acids is 1. The van der Waals surface area contributed by atoms with Crippen LogP contribution in [0.25, 0.3) is 0 Å². The van der Waals surface area contributed by atoms with Gasteiger partial charge < -0.3 is 15.0 Å². The predicted molar refractivity (Wildman–Crippen MR) is 94.1 cm³/mol. The summed E-state index contributed by atoms with van der Waals surface area (Å²) in [5.74, 6) is 0.582. The summed E-state index contributed by atoms with van der Waals surface area (Å²) < 4.78 is 5.75. The standard InChI is InChI=1S/C18H27ClN2O2/c1-2-17(23-16-9-6-8-15(19)14-16)18(22)20-10-7-13-21-11-4-3-5-12-21/h6,8-9,14,17H,2-5,7,10-13H2,1H3,(H,20,22)/t17-/m1/s1. The zero-order valence-electron chi connectivity index (χ0n) is 13.9. The molecule has 1 atom stereocenters. The Bertz CT molecular complexity index is 490. The molecule has 4 nitrogen and oxygen atoms in total. The molecule has 0 aromatic heterocycles. The van der Waals surface area contributed by atoms with E-state index in [4.69, 9.17) is 16.3 Å². The number of hydrogen-bond acceptors (Lipinski definition) is 3. The zero-order valence-corrected chi connectivity index (χ0v) is 14.6. The van der Waals surface area contributed by atoms with E-state index in [2.05, 4.69) is 10.2 Å². The molecule has 1 N–H and O–H groups in total. The van der Waals surface area contributed by atoms with Crippen LogP contribution in [-0.2, 0) is 4.79 Å². The number of rotatable bonds is 8. The first kappa shape index (κ1) is 18.1. The summed E-state index contributed by atoms with van der Waals surface area (Å²) in [5.41, 5.74) is 0. The van der Waals surface area contributed by atoms with E-state index in [-0.39, 0.29) is 5.91 Å². The van der Waals surface area contributed by atoms with Crippen LogP contribution in [-0.4, -0.2) is 43.1 Å². The Labute approximate surface area is 144 Å². The first-order chi connectivity index (χ1) is 11.2. The molecule has 1 heterocycles. The predicted octanol–water partition coefficient (Wildman–Crippen LogP) is 3.49. The molecular weight excluding hydrogens is 312 g/mol. The highest BCUT2D eigenvalue weighted by Crippen LogP contribution is 2.19. The van der Waals surface area contributed by atoms with E-state index in [1.807, 2.05) is 19.1 Å². The number of ether oxygens (including phenoxy) is 1. The zero-order chi connectivity index (χ0) is 16.5. The first-order valence-electron chi connectivity index (χ1n) is 8.61. The lowest BCUT2D eigenvalue weighted by Crippen LogP contribution is -2.39. The first-order valence-corrected chi connectivity index (χ1v) is 8.99. The Balaban J connectivity index is 1.69. The van der Waals surface area contributed by atoms with Crippen molar-refractivity contribution in [2.45, 2.75) is 45.1 Å². The van der Waals surface area contributed by atoms with Crippen molar-refractivity contribution >= 4 is 17.5 Å². The van der Waals surface area contributed by atoms with Gasteiger partial charge in [0, 0.05) is 11.6 Å². The minimum atomic E-state index is -0.469. The van der Waals surface area contributed by atoms with E-state index < -0.39 is 6.10 Å². The number of carbonyl (C=O) groups is 1. The highest BCUT2D eigenvalue weighted by atomic mass is 35.5. The lowest BCUT2D eigenvalue weighted by atomic mass is 10.1. The molecule has 1 aliphatic heterocycles. The van der Waals surface area contributed by atoms with Crippen molar-refractivity contribution in [1.29, 1.82) is 0 Å². The Morgan fingerprint density at radius 2 is 2.13 bits per heavy atom. The lowest BCUT2D eigenvalue weighted by Gasteiger charge is -2.26. The number of amides is 1. The van der Waals surface area contributed by atoms with Crippen LogP contribution in [0.3, 0.4) is 0 Å². The largest absolute Gasteiger partial charge is 0.481 e. The summed E-state index contributed by atoms with van der Waals surface area (Å²) in [6, 6.07) is 7.16. The number of piperidine rings is 1. The molecule has 1 aliphatic rings. The third-order valence-corrected chi connectivity index (χ3v) is 4.37. The van der Waals surface area contributed by atoms with Gasteiger partial charge in [-0.25, -0.2) is 0 Å². The number of benzene rings is 1. The molecule has 1 aromatic carbocycles. The maximum absolute atomic E-state index is 12.2. The molecular formula is C18H27ClN2O2. The van der Waals surface area contributed by atoms with E-state index in [0.29, 0.717) is 23.7 Å². The summed E-state index contributed by atoms with van der Waals surface area (Å²) in [6.07, 6.45) is 5.11. The van der Waals surface area contributed by atoms with Crippen LogP contribution in [0.15, 0.2) is 24.3 Å². The van der Waals surface area contributed by atoms with Crippen molar-refractivity contribution in [3.05, 3.63) is 29.3 Å². The third kappa shape index (κ3) is 6.40. The smallest absolute Gasteiger partial charge is 0.261 e. The number of nitrogens with one attached hydrogen (secondary N) is 1. The minimum absolute atomic E-state index is 0.0499. The maximum atomic E-state index is 12.2. The molecule has 0 spiro atoms.